The van der Waals surface area contributed by atoms with Gasteiger partial charge in [-0.1, -0.05) is 19.8 Å². The molecule has 19 heavy (non-hydrogen) atoms. The molecule has 106 valence electrons. The minimum atomic E-state index is -3.58. The van der Waals surface area contributed by atoms with E-state index in [1.54, 1.807) is 6.07 Å². The van der Waals surface area contributed by atoms with E-state index in [-0.39, 0.29) is 16.8 Å². The zero-order valence-corrected chi connectivity index (χ0v) is 11.8. The van der Waals surface area contributed by atoms with Crippen LogP contribution in [0.4, 0.5) is 5.82 Å². The lowest BCUT2D eigenvalue weighted by Gasteiger charge is -2.27. The van der Waals surface area contributed by atoms with Gasteiger partial charge in [0, 0.05) is 12.2 Å². The molecule has 0 bridgehead atoms. The van der Waals surface area contributed by atoms with E-state index in [0.29, 0.717) is 5.92 Å². The summed E-state index contributed by atoms with van der Waals surface area (Å²) in [5.41, 5.74) is 2.32. The van der Waals surface area contributed by atoms with E-state index in [1.807, 2.05) is 0 Å². The van der Waals surface area contributed by atoms with Gasteiger partial charge in [-0.25, -0.2) is 24.0 Å². The summed E-state index contributed by atoms with van der Waals surface area (Å²) < 4.78 is 27.4. The van der Waals surface area contributed by atoms with E-state index < -0.39 is 10.0 Å². The number of rotatable bonds is 4. The molecular formula is C12H20N4O2S. The molecule has 1 aromatic rings. The quantitative estimate of drug-likeness (QED) is 0.570. The lowest BCUT2D eigenvalue weighted by atomic mass is 9.88. The van der Waals surface area contributed by atoms with Crippen LogP contribution < -0.4 is 16.0 Å². The number of nitrogens with two attached hydrogens (primary N) is 1. The molecule has 1 fully saturated rings. The van der Waals surface area contributed by atoms with Crippen LogP contribution >= 0.6 is 0 Å². The number of nitrogen functional groups attached to an aromatic ring is 1. The molecule has 1 heterocycles. The molecule has 0 aromatic carbocycles. The number of pyridine rings is 1. The summed E-state index contributed by atoms with van der Waals surface area (Å²) in [5.74, 6) is 6.02. The molecule has 1 aromatic heterocycles. The van der Waals surface area contributed by atoms with Crippen molar-refractivity contribution in [3.05, 3.63) is 18.3 Å². The van der Waals surface area contributed by atoms with Crippen LogP contribution in [0.25, 0.3) is 0 Å². The maximum atomic E-state index is 12.3. The average Bonchev–Trinajstić information content (AvgIpc) is 2.38. The predicted molar refractivity (Wildman–Crippen MR) is 73.8 cm³/mol. The molecule has 0 saturated heterocycles. The highest BCUT2D eigenvalue weighted by Crippen LogP contribution is 2.25. The van der Waals surface area contributed by atoms with Gasteiger partial charge in [-0.3, -0.25) is 0 Å². The minimum Gasteiger partial charge on any atom is -0.307 e. The zero-order chi connectivity index (χ0) is 13.9. The number of anilines is 1. The van der Waals surface area contributed by atoms with Gasteiger partial charge < -0.3 is 5.43 Å². The Morgan fingerprint density at radius 2 is 2.21 bits per heavy atom. The third-order valence-corrected chi connectivity index (χ3v) is 5.01. The van der Waals surface area contributed by atoms with Crippen LogP contribution in [-0.2, 0) is 10.0 Å². The third-order valence-electron chi connectivity index (χ3n) is 3.46. The summed E-state index contributed by atoms with van der Waals surface area (Å²) in [5, 5.41) is 0. The lowest BCUT2D eigenvalue weighted by Crippen LogP contribution is -2.38. The molecule has 0 radical (unpaired) electrons. The molecule has 2 rings (SSSR count). The van der Waals surface area contributed by atoms with Gasteiger partial charge >= 0.3 is 0 Å². The van der Waals surface area contributed by atoms with E-state index in [9.17, 15) is 8.42 Å². The summed E-state index contributed by atoms with van der Waals surface area (Å²) in [6.07, 6.45) is 5.49. The summed E-state index contributed by atoms with van der Waals surface area (Å²) in [4.78, 5) is 4.01. The highest BCUT2D eigenvalue weighted by Gasteiger charge is 2.26. The van der Waals surface area contributed by atoms with Crippen LogP contribution in [0.3, 0.4) is 0 Å². The van der Waals surface area contributed by atoms with Crippen LogP contribution in [0.5, 0.6) is 0 Å². The Hall–Kier alpha value is -1.18. The zero-order valence-electron chi connectivity index (χ0n) is 11.0. The number of nitrogens with one attached hydrogen (secondary N) is 2. The number of hydrazine groups is 1. The van der Waals surface area contributed by atoms with Crippen LogP contribution in [0, 0.1) is 5.92 Å². The molecule has 7 heteroatoms. The summed E-state index contributed by atoms with van der Waals surface area (Å²) in [6.45, 7) is 2.15. The number of hydrogen-bond donors (Lipinski definition) is 3. The Bertz CT molecular complexity index is 532. The predicted octanol–water partition coefficient (Wildman–Crippen LogP) is 1.22. The van der Waals surface area contributed by atoms with Crippen molar-refractivity contribution in [3.63, 3.8) is 0 Å². The maximum Gasteiger partial charge on any atom is 0.244 e. The van der Waals surface area contributed by atoms with Crippen molar-refractivity contribution >= 4 is 15.8 Å². The van der Waals surface area contributed by atoms with Gasteiger partial charge in [0.2, 0.25) is 10.0 Å². The highest BCUT2D eigenvalue weighted by atomic mass is 32.2. The van der Waals surface area contributed by atoms with E-state index in [2.05, 4.69) is 22.1 Å². The molecule has 1 saturated carbocycles. The first kappa shape index (κ1) is 14.2. The summed E-state index contributed by atoms with van der Waals surface area (Å²) in [6, 6.07) is 3.08. The fourth-order valence-corrected chi connectivity index (χ4v) is 3.94. The second-order valence-corrected chi connectivity index (χ2v) is 6.77. The minimum absolute atomic E-state index is 0.000388. The van der Waals surface area contributed by atoms with E-state index in [0.717, 1.165) is 19.3 Å². The molecular weight excluding hydrogens is 264 g/mol. The number of sulfonamides is 1. The SMILES string of the molecule is CC1CCCC(NS(=O)(=O)c2cccnc2NN)C1. The van der Waals surface area contributed by atoms with Gasteiger partial charge in [0.15, 0.2) is 5.82 Å². The van der Waals surface area contributed by atoms with Gasteiger partial charge in [0.25, 0.3) is 0 Å². The monoisotopic (exact) mass is 284 g/mol. The smallest absolute Gasteiger partial charge is 0.244 e. The topological polar surface area (TPSA) is 97.1 Å². The number of aromatic nitrogens is 1. The van der Waals surface area contributed by atoms with Crippen molar-refractivity contribution in [2.75, 3.05) is 5.43 Å². The first-order valence-corrected chi connectivity index (χ1v) is 7.95. The summed E-state index contributed by atoms with van der Waals surface area (Å²) >= 11 is 0. The van der Waals surface area contributed by atoms with Crippen LogP contribution in [0.2, 0.25) is 0 Å². The van der Waals surface area contributed by atoms with E-state index >= 15 is 0 Å². The van der Waals surface area contributed by atoms with Crippen LogP contribution in [0.15, 0.2) is 23.2 Å². The van der Waals surface area contributed by atoms with Gasteiger partial charge in [-0.15, -0.1) is 0 Å². The molecule has 2 atom stereocenters. The fourth-order valence-electron chi connectivity index (χ4n) is 2.54. The van der Waals surface area contributed by atoms with Gasteiger partial charge in [-0.2, -0.15) is 0 Å². The molecule has 0 spiro atoms. The second-order valence-electron chi connectivity index (χ2n) is 5.08. The fraction of sp³-hybridized carbons (Fsp3) is 0.583. The van der Waals surface area contributed by atoms with Crippen molar-refractivity contribution < 1.29 is 8.42 Å². The van der Waals surface area contributed by atoms with Crippen molar-refractivity contribution in [1.29, 1.82) is 0 Å². The lowest BCUT2D eigenvalue weighted by molar-refractivity contribution is 0.327. The van der Waals surface area contributed by atoms with Crippen molar-refractivity contribution in [2.24, 2.45) is 11.8 Å². The van der Waals surface area contributed by atoms with E-state index in [4.69, 9.17) is 5.84 Å². The average molecular weight is 284 g/mol. The standard InChI is InChI=1S/C12H20N4O2S/c1-9-4-2-5-10(8-9)16-19(17,18)11-6-3-7-14-12(11)15-13/h3,6-7,9-10,16H,2,4-5,8,13H2,1H3,(H,14,15). The molecule has 1 aliphatic carbocycles. The molecule has 6 nitrogen and oxygen atoms in total. The van der Waals surface area contributed by atoms with Crippen LogP contribution in [-0.4, -0.2) is 19.4 Å². The maximum absolute atomic E-state index is 12.3. The Balaban J connectivity index is 2.18. The van der Waals surface area contributed by atoms with Crippen LogP contribution in [0.1, 0.15) is 32.6 Å². The molecule has 4 N–H and O–H groups in total. The molecule has 0 aliphatic heterocycles. The Morgan fingerprint density at radius 3 is 2.89 bits per heavy atom. The first-order valence-electron chi connectivity index (χ1n) is 6.47. The van der Waals surface area contributed by atoms with Gasteiger partial charge in [0.05, 0.1) is 0 Å². The second kappa shape index (κ2) is 5.85. The number of hydrogen-bond acceptors (Lipinski definition) is 5. The third kappa shape index (κ3) is 3.43. The Morgan fingerprint density at radius 1 is 1.42 bits per heavy atom. The van der Waals surface area contributed by atoms with Gasteiger partial charge in [-0.05, 0) is 30.9 Å². The number of nitrogens with zero attached hydrogens (tertiary/aromatic N) is 1. The molecule has 1 aliphatic rings. The van der Waals surface area contributed by atoms with E-state index in [1.165, 1.54) is 18.7 Å². The van der Waals surface area contributed by atoms with Crippen molar-refractivity contribution in [2.45, 2.75) is 43.5 Å². The normalized spacial score (nSPS) is 24.1. The Kier molecular flexibility index (Phi) is 4.38. The van der Waals surface area contributed by atoms with Crippen molar-refractivity contribution in [3.8, 4) is 0 Å². The first-order chi connectivity index (χ1) is 9.03. The summed E-state index contributed by atoms with van der Waals surface area (Å²) in [7, 11) is -3.58. The molecule has 0 amide bonds. The van der Waals surface area contributed by atoms with Crippen molar-refractivity contribution in [1.82, 2.24) is 9.71 Å². The molecule has 2 unspecified atom stereocenters. The highest BCUT2D eigenvalue weighted by molar-refractivity contribution is 7.89. The largest absolute Gasteiger partial charge is 0.307 e. The Labute approximate surface area is 113 Å². The van der Waals surface area contributed by atoms with Gasteiger partial charge in [0.1, 0.15) is 4.90 Å².